The van der Waals surface area contributed by atoms with E-state index in [2.05, 4.69) is 10.3 Å². The summed E-state index contributed by atoms with van der Waals surface area (Å²) in [5.74, 6) is -0.309. The topological polar surface area (TPSA) is 83.0 Å². The molecule has 0 aliphatic carbocycles. The Kier molecular flexibility index (Phi) is 4.47. The average Bonchev–Trinajstić information content (AvgIpc) is 2.86. The SMILES string of the molecule is CCCOC(=O)c1ccc(-n2nnc(CN)c2C)cc1. The molecule has 1 aromatic carbocycles. The van der Waals surface area contributed by atoms with Gasteiger partial charge in [-0.15, -0.1) is 5.10 Å². The first-order valence-corrected chi connectivity index (χ1v) is 6.56. The molecular formula is C14H18N4O2. The lowest BCUT2D eigenvalue weighted by atomic mass is 10.2. The number of ether oxygens (including phenoxy) is 1. The quantitative estimate of drug-likeness (QED) is 0.837. The van der Waals surface area contributed by atoms with Gasteiger partial charge in [0.1, 0.15) is 0 Å². The molecule has 106 valence electrons. The second kappa shape index (κ2) is 6.29. The van der Waals surface area contributed by atoms with E-state index in [-0.39, 0.29) is 5.97 Å². The lowest BCUT2D eigenvalue weighted by Gasteiger charge is -2.06. The summed E-state index contributed by atoms with van der Waals surface area (Å²) >= 11 is 0. The molecule has 0 spiro atoms. The van der Waals surface area contributed by atoms with Gasteiger partial charge >= 0.3 is 5.97 Å². The molecule has 2 N–H and O–H groups in total. The molecule has 0 aliphatic heterocycles. The van der Waals surface area contributed by atoms with Gasteiger partial charge in [0.25, 0.3) is 0 Å². The van der Waals surface area contributed by atoms with Crippen LogP contribution in [-0.4, -0.2) is 27.6 Å². The third-order valence-electron chi connectivity index (χ3n) is 2.97. The minimum absolute atomic E-state index is 0.309. The molecular weight excluding hydrogens is 256 g/mol. The monoisotopic (exact) mass is 274 g/mol. The molecule has 0 saturated carbocycles. The predicted molar refractivity (Wildman–Crippen MR) is 74.6 cm³/mol. The second-order valence-corrected chi connectivity index (χ2v) is 4.42. The molecule has 0 fully saturated rings. The number of hydrogen-bond acceptors (Lipinski definition) is 5. The van der Waals surface area contributed by atoms with E-state index in [1.54, 1.807) is 16.8 Å². The lowest BCUT2D eigenvalue weighted by molar-refractivity contribution is 0.0505. The molecule has 0 atom stereocenters. The van der Waals surface area contributed by atoms with Gasteiger partial charge in [0.05, 0.1) is 29.2 Å². The Morgan fingerprint density at radius 1 is 1.35 bits per heavy atom. The highest BCUT2D eigenvalue weighted by Crippen LogP contribution is 2.13. The van der Waals surface area contributed by atoms with Crippen LogP contribution in [-0.2, 0) is 11.3 Å². The summed E-state index contributed by atoms with van der Waals surface area (Å²) in [5.41, 5.74) is 8.59. The second-order valence-electron chi connectivity index (χ2n) is 4.42. The maximum Gasteiger partial charge on any atom is 0.338 e. The number of hydrogen-bond donors (Lipinski definition) is 1. The number of carbonyl (C=O) groups is 1. The van der Waals surface area contributed by atoms with Crippen LogP contribution in [0.1, 0.15) is 35.1 Å². The van der Waals surface area contributed by atoms with Gasteiger partial charge in [0.2, 0.25) is 0 Å². The molecule has 6 heteroatoms. The summed E-state index contributed by atoms with van der Waals surface area (Å²) in [4.78, 5) is 11.7. The molecule has 6 nitrogen and oxygen atoms in total. The molecule has 0 radical (unpaired) electrons. The number of esters is 1. The fraction of sp³-hybridized carbons (Fsp3) is 0.357. The zero-order valence-electron chi connectivity index (χ0n) is 11.7. The van der Waals surface area contributed by atoms with Gasteiger partial charge < -0.3 is 10.5 Å². The van der Waals surface area contributed by atoms with E-state index < -0.39 is 0 Å². The average molecular weight is 274 g/mol. The molecule has 0 saturated heterocycles. The fourth-order valence-corrected chi connectivity index (χ4v) is 1.81. The third-order valence-corrected chi connectivity index (χ3v) is 2.97. The fourth-order valence-electron chi connectivity index (χ4n) is 1.81. The van der Waals surface area contributed by atoms with Crippen LogP contribution in [0, 0.1) is 6.92 Å². The molecule has 0 bridgehead atoms. The molecule has 0 amide bonds. The van der Waals surface area contributed by atoms with E-state index in [1.165, 1.54) is 0 Å². The Hall–Kier alpha value is -2.21. The molecule has 0 unspecified atom stereocenters. The number of carbonyl (C=O) groups excluding carboxylic acids is 1. The smallest absolute Gasteiger partial charge is 0.338 e. The van der Waals surface area contributed by atoms with Crippen molar-refractivity contribution >= 4 is 5.97 Å². The van der Waals surface area contributed by atoms with Crippen molar-refractivity contribution in [1.82, 2.24) is 15.0 Å². The zero-order chi connectivity index (χ0) is 14.5. The molecule has 2 rings (SSSR count). The van der Waals surface area contributed by atoms with Gasteiger partial charge in [0, 0.05) is 6.54 Å². The van der Waals surface area contributed by atoms with Gasteiger partial charge in [-0.25, -0.2) is 9.48 Å². The van der Waals surface area contributed by atoms with Crippen LogP contribution in [0.2, 0.25) is 0 Å². The molecule has 0 aliphatic rings. The van der Waals surface area contributed by atoms with Crippen LogP contribution in [0.15, 0.2) is 24.3 Å². The normalized spacial score (nSPS) is 10.6. The number of nitrogens with two attached hydrogens (primary N) is 1. The summed E-state index contributed by atoms with van der Waals surface area (Å²) in [6.45, 7) is 4.65. The summed E-state index contributed by atoms with van der Waals surface area (Å²) < 4.78 is 6.78. The van der Waals surface area contributed by atoms with Crippen LogP contribution in [0.4, 0.5) is 0 Å². The van der Waals surface area contributed by atoms with Crippen molar-refractivity contribution in [1.29, 1.82) is 0 Å². The molecule has 20 heavy (non-hydrogen) atoms. The summed E-state index contributed by atoms with van der Waals surface area (Å²) in [6.07, 6.45) is 0.809. The molecule has 1 heterocycles. The predicted octanol–water partition coefficient (Wildman–Crippen LogP) is 1.60. The van der Waals surface area contributed by atoms with E-state index in [9.17, 15) is 4.79 Å². The van der Waals surface area contributed by atoms with E-state index in [1.807, 2.05) is 26.0 Å². The van der Waals surface area contributed by atoms with E-state index in [4.69, 9.17) is 10.5 Å². The summed E-state index contributed by atoms with van der Waals surface area (Å²) in [5, 5.41) is 8.06. The van der Waals surface area contributed by atoms with Crippen LogP contribution in [0.25, 0.3) is 5.69 Å². The number of benzene rings is 1. The van der Waals surface area contributed by atoms with Gasteiger partial charge in [-0.3, -0.25) is 0 Å². The largest absolute Gasteiger partial charge is 0.462 e. The first-order valence-electron chi connectivity index (χ1n) is 6.56. The number of rotatable bonds is 5. The Labute approximate surface area is 117 Å². The Morgan fingerprint density at radius 2 is 2.05 bits per heavy atom. The van der Waals surface area contributed by atoms with Crippen LogP contribution < -0.4 is 5.73 Å². The van der Waals surface area contributed by atoms with Crippen molar-refractivity contribution in [3.05, 3.63) is 41.2 Å². The highest BCUT2D eigenvalue weighted by molar-refractivity contribution is 5.89. The van der Waals surface area contributed by atoms with Gasteiger partial charge in [-0.2, -0.15) is 0 Å². The van der Waals surface area contributed by atoms with Crippen molar-refractivity contribution in [3.63, 3.8) is 0 Å². The first kappa shape index (κ1) is 14.2. The maximum absolute atomic E-state index is 11.7. The number of aromatic nitrogens is 3. The van der Waals surface area contributed by atoms with Crippen LogP contribution >= 0.6 is 0 Å². The van der Waals surface area contributed by atoms with Crippen LogP contribution in [0.5, 0.6) is 0 Å². The number of nitrogens with zero attached hydrogens (tertiary/aromatic N) is 3. The third kappa shape index (κ3) is 2.85. The van der Waals surface area contributed by atoms with E-state index in [0.717, 1.165) is 23.5 Å². The van der Waals surface area contributed by atoms with E-state index in [0.29, 0.717) is 18.7 Å². The van der Waals surface area contributed by atoms with E-state index >= 15 is 0 Å². The minimum atomic E-state index is -0.309. The minimum Gasteiger partial charge on any atom is -0.462 e. The highest BCUT2D eigenvalue weighted by Gasteiger charge is 2.10. The van der Waals surface area contributed by atoms with Crippen molar-refractivity contribution in [2.45, 2.75) is 26.8 Å². The Morgan fingerprint density at radius 3 is 2.60 bits per heavy atom. The van der Waals surface area contributed by atoms with Crippen molar-refractivity contribution in [2.75, 3.05) is 6.61 Å². The summed E-state index contributed by atoms with van der Waals surface area (Å²) in [7, 11) is 0. The van der Waals surface area contributed by atoms with Crippen molar-refractivity contribution in [3.8, 4) is 5.69 Å². The van der Waals surface area contributed by atoms with Crippen molar-refractivity contribution in [2.24, 2.45) is 5.73 Å². The molecule has 2 aromatic rings. The Balaban J connectivity index is 2.19. The van der Waals surface area contributed by atoms with Crippen molar-refractivity contribution < 1.29 is 9.53 Å². The van der Waals surface area contributed by atoms with Gasteiger partial charge in [-0.1, -0.05) is 12.1 Å². The standard InChI is InChI=1S/C14H18N4O2/c1-3-8-20-14(19)11-4-6-12(7-5-11)18-10(2)13(9-15)16-17-18/h4-7H,3,8-9,15H2,1-2H3. The van der Waals surface area contributed by atoms with Gasteiger partial charge in [0.15, 0.2) is 0 Å². The molecule has 1 aromatic heterocycles. The first-order chi connectivity index (χ1) is 9.67. The lowest BCUT2D eigenvalue weighted by Crippen LogP contribution is -2.06. The zero-order valence-corrected chi connectivity index (χ0v) is 11.7. The Bertz CT molecular complexity index is 590. The summed E-state index contributed by atoms with van der Waals surface area (Å²) in [6, 6.07) is 7.06. The highest BCUT2D eigenvalue weighted by atomic mass is 16.5. The maximum atomic E-state index is 11.7. The van der Waals surface area contributed by atoms with Crippen LogP contribution in [0.3, 0.4) is 0 Å². The van der Waals surface area contributed by atoms with Gasteiger partial charge in [-0.05, 0) is 37.6 Å².